The quantitative estimate of drug-likeness (QED) is 0.403. The number of halogens is 1. The molecule has 0 spiro atoms. The van der Waals surface area contributed by atoms with E-state index < -0.39 is 30.2 Å². The summed E-state index contributed by atoms with van der Waals surface area (Å²) in [6, 6.07) is 12.8. The average Bonchev–Trinajstić information content (AvgIpc) is 2.71. The summed E-state index contributed by atoms with van der Waals surface area (Å²) >= 11 is 1.62. The number of carbonyl (C=O) groups is 3. The predicted octanol–water partition coefficient (Wildman–Crippen LogP) is 2.86. The molecule has 0 fully saturated rings. The molecular weight excluding hydrogens is 383 g/mol. The van der Waals surface area contributed by atoms with Gasteiger partial charge in [-0.05, 0) is 54.3 Å². The Morgan fingerprint density at radius 1 is 1.04 bits per heavy atom. The third kappa shape index (κ3) is 7.63. The van der Waals surface area contributed by atoms with Crippen molar-refractivity contribution in [1.29, 1.82) is 0 Å². The molecule has 0 bridgehead atoms. The Labute approximate surface area is 166 Å². The number of hydrogen-bond acceptors (Lipinski definition) is 5. The third-order valence-corrected chi connectivity index (χ3v) is 4.19. The largest absolute Gasteiger partial charge is 0.452 e. The molecule has 2 aromatic carbocycles. The van der Waals surface area contributed by atoms with Crippen LogP contribution >= 0.6 is 11.8 Å². The Morgan fingerprint density at radius 3 is 2.36 bits per heavy atom. The van der Waals surface area contributed by atoms with Gasteiger partial charge in [0.15, 0.2) is 6.61 Å². The van der Waals surface area contributed by atoms with Crippen LogP contribution in [0.1, 0.15) is 5.56 Å². The number of thioether (sulfide) groups is 1. The lowest BCUT2D eigenvalue weighted by atomic mass is 10.2. The zero-order valence-corrected chi connectivity index (χ0v) is 15.9. The Balaban J connectivity index is 1.68. The normalized spacial score (nSPS) is 10.5. The standard InChI is InChI=1S/C20H19FN2O4S/c1-28-17-9-2-14(3-10-17)4-11-20(26)27-13-19(25)22-12-18(24)23-16-7-5-15(21)6-8-16/h2-11H,12-13H2,1H3,(H,22,25)(H,23,24)/b11-4+. The zero-order chi connectivity index (χ0) is 20.4. The minimum absolute atomic E-state index is 0.300. The van der Waals surface area contributed by atoms with Crippen LogP contribution in [0.4, 0.5) is 10.1 Å². The van der Waals surface area contributed by atoms with E-state index in [-0.39, 0.29) is 6.54 Å². The molecule has 0 saturated carbocycles. The maximum atomic E-state index is 12.8. The summed E-state index contributed by atoms with van der Waals surface area (Å²) in [6.07, 6.45) is 4.78. The summed E-state index contributed by atoms with van der Waals surface area (Å²) in [7, 11) is 0. The maximum absolute atomic E-state index is 12.8. The number of benzene rings is 2. The van der Waals surface area contributed by atoms with E-state index in [1.54, 1.807) is 17.8 Å². The van der Waals surface area contributed by atoms with Gasteiger partial charge in [0.1, 0.15) is 5.82 Å². The van der Waals surface area contributed by atoms with E-state index in [0.717, 1.165) is 10.5 Å². The van der Waals surface area contributed by atoms with Crippen LogP contribution in [0.5, 0.6) is 0 Å². The second kappa shape index (κ2) is 10.9. The molecule has 28 heavy (non-hydrogen) atoms. The van der Waals surface area contributed by atoms with Crippen LogP contribution < -0.4 is 10.6 Å². The van der Waals surface area contributed by atoms with Crippen molar-refractivity contribution in [3.8, 4) is 0 Å². The summed E-state index contributed by atoms with van der Waals surface area (Å²) in [5, 5.41) is 4.82. The lowest BCUT2D eigenvalue weighted by Gasteiger charge is -2.07. The first-order chi connectivity index (χ1) is 13.5. The summed E-state index contributed by atoms with van der Waals surface area (Å²) in [4.78, 5) is 36.1. The molecule has 2 rings (SSSR count). The fraction of sp³-hybridized carbons (Fsp3) is 0.150. The zero-order valence-electron chi connectivity index (χ0n) is 15.1. The van der Waals surface area contributed by atoms with Crippen molar-refractivity contribution >= 4 is 41.3 Å². The van der Waals surface area contributed by atoms with Crippen molar-refractivity contribution in [2.75, 3.05) is 24.7 Å². The van der Waals surface area contributed by atoms with Gasteiger partial charge in [-0.15, -0.1) is 11.8 Å². The summed E-state index contributed by atoms with van der Waals surface area (Å²) < 4.78 is 17.6. The molecule has 0 aliphatic carbocycles. The van der Waals surface area contributed by atoms with Gasteiger partial charge in [0.25, 0.3) is 5.91 Å². The maximum Gasteiger partial charge on any atom is 0.331 e. The summed E-state index contributed by atoms with van der Waals surface area (Å²) in [5.74, 6) is -2.18. The van der Waals surface area contributed by atoms with Gasteiger partial charge in [0.2, 0.25) is 5.91 Å². The van der Waals surface area contributed by atoms with Gasteiger partial charge < -0.3 is 15.4 Å². The minimum atomic E-state index is -0.667. The van der Waals surface area contributed by atoms with E-state index in [1.807, 2.05) is 30.5 Å². The monoisotopic (exact) mass is 402 g/mol. The van der Waals surface area contributed by atoms with Crippen molar-refractivity contribution < 1.29 is 23.5 Å². The fourth-order valence-corrected chi connectivity index (χ4v) is 2.44. The molecule has 0 heterocycles. The highest BCUT2D eigenvalue weighted by Crippen LogP contribution is 2.15. The fourth-order valence-electron chi connectivity index (χ4n) is 2.03. The lowest BCUT2D eigenvalue weighted by Crippen LogP contribution is -2.35. The number of esters is 1. The van der Waals surface area contributed by atoms with Gasteiger partial charge in [-0.1, -0.05) is 12.1 Å². The van der Waals surface area contributed by atoms with E-state index in [1.165, 1.54) is 30.3 Å². The number of ether oxygens (including phenoxy) is 1. The molecule has 2 N–H and O–H groups in total. The van der Waals surface area contributed by atoms with Crippen LogP contribution in [0.15, 0.2) is 59.5 Å². The number of hydrogen-bond donors (Lipinski definition) is 2. The van der Waals surface area contributed by atoms with Gasteiger partial charge in [0.05, 0.1) is 6.54 Å². The van der Waals surface area contributed by atoms with Crippen molar-refractivity contribution in [2.45, 2.75) is 4.90 Å². The highest BCUT2D eigenvalue weighted by Gasteiger charge is 2.08. The first kappa shape index (κ1) is 21.2. The van der Waals surface area contributed by atoms with Crippen molar-refractivity contribution in [3.05, 3.63) is 66.0 Å². The van der Waals surface area contributed by atoms with Crippen LogP contribution in [-0.2, 0) is 19.1 Å². The third-order valence-electron chi connectivity index (χ3n) is 3.45. The first-order valence-electron chi connectivity index (χ1n) is 8.27. The summed E-state index contributed by atoms with van der Waals surface area (Å²) in [6.45, 7) is -0.802. The minimum Gasteiger partial charge on any atom is -0.452 e. The van der Waals surface area contributed by atoms with Gasteiger partial charge >= 0.3 is 5.97 Å². The second-order valence-electron chi connectivity index (χ2n) is 5.55. The van der Waals surface area contributed by atoms with Crippen LogP contribution in [-0.4, -0.2) is 37.2 Å². The Morgan fingerprint density at radius 2 is 1.71 bits per heavy atom. The molecule has 146 valence electrons. The van der Waals surface area contributed by atoms with E-state index in [4.69, 9.17) is 4.74 Å². The van der Waals surface area contributed by atoms with Gasteiger partial charge in [-0.3, -0.25) is 9.59 Å². The molecule has 2 aromatic rings. The average molecular weight is 402 g/mol. The smallest absolute Gasteiger partial charge is 0.331 e. The molecule has 0 radical (unpaired) electrons. The van der Waals surface area contributed by atoms with Gasteiger partial charge in [-0.25, -0.2) is 9.18 Å². The van der Waals surface area contributed by atoms with Crippen LogP contribution in [0.3, 0.4) is 0 Å². The molecule has 8 heteroatoms. The van der Waals surface area contributed by atoms with Crippen molar-refractivity contribution in [1.82, 2.24) is 5.32 Å². The molecule has 0 aromatic heterocycles. The number of rotatable bonds is 8. The number of carbonyl (C=O) groups excluding carboxylic acids is 3. The Kier molecular flexibility index (Phi) is 8.23. The van der Waals surface area contributed by atoms with E-state index in [9.17, 15) is 18.8 Å². The molecule has 0 saturated heterocycles. The van der Waals surface area contributed by atoms with Crippen molar-refractivity contribution in [2.24, 2.45) is 0 Å². The first-order valence-corrected chi connectivity index (χ1v) is 9.50. The van der Waals surface area contributed by atoms with E-state index in [2.05, 4.69) is 10.6 Å². The Hall–Kier alpha value is -3.13. The molecule has 6 nitrogen and oxygen atoms in total. The van der Waals surface area contributed by atoms with Gasteiger partial charge in [-0.2, -0.15) is 0 Å². The second-order valence-corrected chi connectivity index (χ2v) is 6.43. The number of amides is 2. The SMILES string of the molecule is CSc1ccc(/C=C/C(=O)OCC(=O)NCC(=O)Nc2ccc(F)cc2)cc1. The number of nitrogens with one attached hydrogen (secondary N) is 2. The molecule has 0 atom stereocenters. The molecule has 2 amide bonds. The number of anilines is 1. The summed E-state index contributed by atoms with van der Waals surface area (Å²) in [5.41, 5.74) is 1.24. The predicted molar refractivity (Wildman–Crippen MR) is 106 cm³/mol. The van der Waals surface area contributed by atoms with E-state index in [0.29, 0.717) is 5.69 Å². The lowest BCUT2D eigenvalue weighted by molar-refractivity contribution is -0.143. The highest BCUT2D eigenvalue weighted by atomic mass is 32.2. The molecular formula is C20H19FN2O4S. The molecule has 0 aliphatic heterocycles. The molecule has 0 unspecified atom stereocenters. The van der Waals surface area contributed by atoms with Gasteiger partial charge in [0, 0.05) is 16.7 Å². The van der Waals surface area contributed by atoms with Crippen LogP contribution in [0.25, 0.3) is 6.08 Å². The van der Waals surface area contributed by atoms with Crippen molar-refractivity contribution in [3.63, 3.8) is 0 Å². The molecule has 0 aliphatic rings. The van der Waals surface area contributed by atoms with Crippen LogP contribution in [0.2, 0.25) is 0 Å². The topological polar surface area (TPSA) is 84.5 Å². The van der Waals surface area contributed by atoms with Crippen LogP contribution in [0, 0.1) is 5.82 Å². The Bertz CT molecular complexity index is 852. The van der Waals surface area contributed by atoms with E-state index >= 15 is 0 Å². The highest BCUT2D eigenvalue weighted by molar-refractivity contribution is 7.98.